The third-order valence-corrected chi connectivity index (χ3v) is 7.50. The first-order valence-corrected chi connectivity index (χ1v) is 11.2. The van der Waals surface area contributed by atoms with Crippen LogP contribution in [0.5, 0.6) is 0 Å². The van der Waals surface area contributed by atoms with E-state index in [1.165, 1.54) is 0 Å². The number of nitriles is 1. The van der Waals surface area contributed by atoms with Gasteiger partial charge >= 0.3 is 0 Å². The van der Waals surface area contributed by atoms with Gasteiger partial charge in [-0.15, -0.1) is 0 Å². The Morgan fingerprint density at radius 3 is 2.90 bits per heavy atom. The normalized spacial score (nSPS) is 33.2. The number of fused-ring (bicyclic) bond motifs is 3. The van der Waals surface area contributed by atoms with Crippen LogP contribution < -0.4 is 15.5 Å². The number of rotatable bonds is 5. The Bertz CT molecular complexity index is 856. The number of hydrogen-bond donors (Lipinski definition) is 2. The second-order valence-corrected chi connectivity index (χ2v) is 9.38. The van der Waals surface area contributed by atoms with E-state index in [1.54, 1.807) is 12.1 Å². The molecule has 1 aromatic carbocycles. The van der Waals surface area contributed by atoms with Gasteiger partial charge < -0.3 is 20.3 Å². The van der Waals surface area contributed by atoms with Crippen LogP contribution in [-0.2, 0) is 16.0 Å². The maximum Gasteiger partial charge on any atom is 0.238 e. The Morgan fingerprint density at radius 1 is 1.30 bits per heavy atom. The summed E-state index contributed by atoms with van der Waals surface area (Å²) in [6.45, 7) is 3.46. The van der Waals surface area contributed by atoms with Crippen LogP contribution in [0.2, 0.25) is 0 Å². The van der Waals surface area contributed by atoms with Crippen molar-refractivity contribution < 1.29 is 13.9 Å². The highest BCUT2D eigenvalue weighted by atomic mass is 19.1. The van der Waals surface area contributed by atoms with E-state index in [1.807, 2.05) is 6.07 Å². The van der Waals surface area contributed by atoms with Crippen molar-refractivity contribution in [3.8, 4) is 6.07 Å². The molecule has 0 radical (unpaired) electrons. The van der Waals surface area contributed by atoms with Gasteiger partial charge in [-0.25, -0.2) is 4.39 Å². The number of anilines is 1. The number of nitrogens with zero attached hydrogens (tertiary/aromatic N) is 2. The van der Waals surface area contributed by atoms with Crippen molar-refractivity contribution in [1.29, 1.82) is 5.26 Å². The highest BCUT2D eigenvalue weighted by molar-refractivity contribution is 5.83. The summed E-state index contributed by atoms with van der Waals surface area (Å²) < 4.78 is 20.4. The molecule has 4 fully saturated rings. The average Bonchev–Trinajstić information content (AvgIpc) is 3.50. The van der Waals surface area contributed by atoms with Crippen LogP contribution in [0.25, 0.3) is 0 Å². The highest BCUT2D eigenvalue weighted by Crippen LogP contribution is 2.35. The molecule has 5 rings (SSSR count). The zero-order chi connectivity index (χ0) is 20.7. The lowest BCUT2D eigenvalue weighted by Gasteiger charge is -2.35. The zero-order valence-electron chi connectivity index (χ0n) is 17.1. The summed E-state index contributed by atoms with van der Waals surface area (Å²) in [5.41, 5.74) is 1.34. The maximum absolute atomic E-state index is 14.8. The lowest BCUT2D eigenvalue weighted by Crippen LogP contribution is -2.50. The molecule has 2 bridgehead atoms. The topological polar surface area (TPSA) is 77.4 Å². The second-order valence-electron chi connectivity index (χ2n) is 9.38. The molecule has 4 aliphatic rings. The average molecular weight is 413 g/mol. The molecule has 1 aliphatic carbocycles. The molecule has 7 heteroatoms. The number of ether oxygens (including phenoxy) is 1. The number of hydrogen-bond acceptors (Lipinski definition) is 5. The molecule has 1 saturated carbocycles. The summed E-state index contributed by atoms with van der Waals surface area (Å²) in [5, 5.41) is 15.7. The summed E-state index contributed by atoms with van der Waals surface area (Å²) in [7, 11) is 0. The monoisotopic (exact) mass is 412 g/mol. The fourth-order valence-corrected chi connectivity index (χ4v) is 5.75. The van der Waals surface area contributed by atoms with Crippen molar-refractivity contribution in [3.63, 3.8) is 0 Å². The van der Waals surface area contributed by atoms with Gasteiger partial charge in [-0.3, -0.25) is 4.79 Å². The predicted molar refractivity (Wildman–Crippen MR) is 110 cm³/mol. The van der Waals surface area contributed by atoms with Crippen LogP contribution >= 0.6 is 0 Å². The lowest BCUT2D eigenvalue weighted by atomic mass is 9.88. The summed E-state index contributed by atoms with van der Waals surface area (Å²) in [4.78, 5) is 14.8. The third-order valence-electron chi connectivity index (χ3n) is 7.50. The molecule has 3 aliphatic heterocycles. The summed E-state index contributed by atoms with van der Waals surface area (Å²) >= 11 is 0. The molecule has 0 spiro atoms. The molecule has 1 amide bonds. The Morgan fingerprint density at radius 2 is 2.17 bits per heavy atom. The second kappa shape index (κ2) is 8.16. The van der Waals surface area contributed by atoms with Gasteiger partial charge in [0.05, 0.1) is 18.7 Å². The Hall–Kier alpha value is -2.17. The van der Waals surface area contributed by atoms with Crippen molar-refractivity contribution in [2.45, 2.75) is 50.2 Å². The maximum atomic E-state index is 14.8. The van der Waals surface area contributed by atoms with E-state index in [-0.39, 0.29) is 24.2 Å². The minimum Gasteiger partial charge on any atom is -0.381 e. The third kappa shape index (κ3) is 3.79. The molecular weight excluding hydrogens is 383 g/mol. The first-order valence-electron chi connectivity index (χ1n) is 11.2. The minimum atomic E-state index is -0.731. The van der Waals surface area contributed by atoms with Crippen LogP contribution in [0.1, 0.15) is 31.2 Å². The van der Waals surface area contributed by atoms with E-state index in [9.17, 15) is 14.4 Å². The molecule has 6 atom stereocenters. The molecule has 160 valence electrons. The van der Waals surface area contributed by atoms with Crippen molar-refractivity contribution in [3.05, 3.63) is 29.6 Å². The Kier molecular flexibility index (Phi) is 5.38. The molecule has 2 unspecified atom stereocenters. The van der Waals surface area contributed by atoms with Crippen LogP contribution in [0.4, 0.5) is 10.1 Å². The quantitative estimate of drug-likeness (QED) is 0.774. The minimum absolute atomic E-state index is 0.132. The number of carbonyl (C=O) groups is 1. The molecule has 0 aromatic heterocycles. The smallest absolute Gasteiger partial charge is 0.238 e. The van der Waals surface area contributed by atoms with Gasteiger partial charge in [0.15, 0.2) is 0 Å². The van der Waals surface area contributed by atoms with Gasteiger partial charge in [-0.1, -0.05) is 6.07 Å². The van der Waals surface area contributed by atoms with Gasteiger partial charge in [-0.2, -0.15) is 5.26 Å². The predicted octanol–water partition coefficient (Wildman–Crippen LogP) is 1.99. The van der Waals surface area contributed by atoms with Crippen molar-refractivity contribution >= 4 is 11.6 Å². The van der Waals surface area contributed by atoms with Crippen LogP contribution in [0, 0.1) is 34.9 Å². The van der Waals surface area contributed by atoms with Crippen LogP contribution in [-0.4, -0.2) is 50.3 Å². The van der Waals surface area contributed by atoms with Crippen molar-refractivity contribution in [2.75, 3.05) is 31.2 Å². The Balaban J connectivity index is 1.21. The van der Waals surface area contributed by atoms with E-state index in [4.69, 9.17) is 4.74 Å². The van der Waals surface area contributed by atoms with Crippen LogP contribution in [0.15, 0.2) is 18.2 Å². The first kappa shape index (κ1) is 19.8. The Labute approximate surface area is 176 Å². The van der Waals surface area contributed by atoms with E-state index < -0.39 is 6.04 Å². The van der Waals surface area contributed by atoms with Gasteiger partial charge in [0, 0.05) is 43.8 Å². The molecule has 3 heterocycles. The summed E-state index contributed by atoms with van der Waals surface area (Å²) in [5.74, 6) is 1.08. The van der Waals surface area contributed by atoms with Gasteiger partial charge in [0.1, 0.15) is 11.9 Å². The van der Waals surface area contributed by atoms with Crippen molar-refractivity contribution in [1.82, 2.24) is 10.6 Å². The molecule has 30 heavy (non-hydrogen) atoms. The lowest BCUT2D eigenvalue weighted by molar-refractivity contribution is -0.124. The molecule has 3 saturated heterocycles. The molecule has 2 N–H and O–H groups in total. The standard InChI is InChI=1S/C23H29FN4O2/c24-21-9-20(28-6-5-16-12-30-13-17(16)11-28)4-2-14(21)7-19(10-25)27-23(29)22-15-1-3-18(8-15)26-22/h2,4,9,15-19,22,26H,1,3,5-8,11-13H2,(H,27,29)/t15-,16?,17?,18+,19-,22-/m0/s1. The number of halogens is 1. The highest BCUT2D eigenvalue weighted by Gasteiger charge is 2.43. The van der Waals surface area contributed by atoms with Crippen molar-refractivity contribution in [2.24, 2.45) is 17.8 Å². The van der Waals surface area contributed by atoms with E-state index in [2.05, 4.69) is 21.6 Å². The summed E-state index contributed by atoms with van der Waals surface area (Å²) in [6, 6.07) is 6.87. The van der Waals surface area contributed by atoms with Gasteiger partial charge in [0.2, 0.25) is 5.91 Å². The molecular formula is C23H29FN4O2. The first-order chi connectivity index (χ1) is 14.6. The van der Waals surface area contributed by atoms with Crippen LogP contribution in [0.3, 0.4) is 0 Å². The molecule has 6 nitrogen and oxygen atoms in total. The number of amides is 1. The zero-order valence-corrected chi connectivity index (χ0v) is 17.1. The summed E-state index contributed by atoms with van der Waals surface area (Å²) in [6.07, 6.45) is 4.48. The number of benzene rings is 1. The SMILES string of the molecule is N#C[C@H](Cc1ccc(N2CCC3COCC3C2)cc1F)NC(=O)[C@H]1N[C@@H]2CC[C@H]1C2. The van der Waals surface area contributed by atoms with E-state index in [0.717, 1.165) is 57.7 Å². The van der Waals surface area contributed by atoms with Gasteiger partial charge in [0.25, 0.3) is 0 Å². The fourth-order valence-electron chi connectivity index (χ4n) is 5.75. The number of carbonyl (C=O) groups excluding carboxylic acids is 1. The number of nitrogens with one attached hydrogen (secondary N) is 2. The largest absolute Gasteiger partial charge is 0.381 e. The van der Waals surface area contributed by atoms with E-state index in [0.29, 0.717) is 29.4 Å². The van der Waals surface area contributed by atoms with Gasteiger partial charge in [-0.05, 0) is 55.2 Å². The fraction of sp³-hybridized carbons (Fsp3) is 0.652. The molecule has 1 aromatic rings. The number of piperidine rings is 2. The van der Waals surface area contributed by atoms with E-state index >= 15 is 0 Å².